The van der Waals surface area contributed by atoms with Crippen LogP contribution in [-0.4, -0.2) is 34.5 Å². The zero-order valence-electron chi connectivity index (χ0n) is 19.7. The highest BCUT2D eigenvalue weighted by atomic mass is 32.2. The van der Waals surface area contributed by atoms with Crippen LogP contribution in [0.4, 0.5) is 5.69 Å². The number of thioether (sulfide) groups is 1. The summed E-state index contributed by atoms with van der Waals surface area (Å²) in [7, 11) is -0.839. The summed E-state index contributed by atoms with van der Waals surface area (Å²) in [6.07, 6.45) is 1.71. The predicted octanol–water partition coefficient (Wildman–Crippen LogP) is 4.69. The zero-order valence-corrected chi connectivity index (χ0v) is 21.4. The van der Waals surface area contributed by atoms with Gasteiger partial charge >= 0.3 is 5.97 Å². The Morgan fingerprint density at radius 2 is 1.67 bits per heavy atom. The van der Waals surface area contributed by atoms with Crippen LogP contribution in [-0.2, 0) is 25.2 Å². The van der Waals surface area contributed by atoms with Gasteiger partial charge in [0.25, 0.3) is 5.91 Å². The fourth-order valence-corrected chi connectivity index (χ4v) is 5.96. The van der Waals surface area contributed by atoms with Crippen molar-refractivity contribution in [3.8, 4) is 17.2 Å². The lowest BCUT2D eigenvalue weighted by atomic mass is 10.2. The van der Waals surface area contributed by atoms with Crippen molar-refractivity contribution in [1.29, 1.82) is 0 Å². The van der Waals surface area contributed by atoms with E-state index in [4.69, 9.17) is 14.2 Å². The fourth-order valence-electron chi connectivity index (χ4n) is 3.63. The van der Waals surface area contributed by atoms with E-state index >= 15 is 0 Å². The van der Waals surface area contributed by atoms with Crippen LogP contribution >= 0.6 is 11.8 Å². The first-order chi connectivity index (χ1) is 17.2. The highest BCUT2D eigenvalue weighted by Gasteiger charge is 2.26. The van der Waals surface area contributed by atoms with E-state index < -0.39 is 15.8 Å². The van der Waals surface area contributed by atoms with Crippen LogP contribution in [0.5, 0.6) is 17.2 Å². The number of sulfone groups is 1. The number of rotatable bonds is 7. The first kappa shape index (κ1) is 25.3. The number of carbonyl (C=O) groups excluding carboxylic acids is 2. The first-order valence-corrected chi connectivity index (χ1v) is 13.2. The smallest absolute Gasteiger partial charge is 0.308 e. The van der Waals surface area contributed by atoms with Gasteiger partial charge in [-0.25, -0.2) is 8.42 Å². The first-order valence-electron chi connectivity index (χ1n) is 10.8. The molecule has 3 aromatic carbocycles. The predicted molar refractivity (Wildman–Crippen MR) is 137 cm³/mol. The van der Waals surface area contributed by atoms with Crippen molar-refractivity contribution in [2.24, 2.45) is 0 Å². The lowest BCUT2D eigenvalue weighted by Gasteiger charge is -2.20. The number of nitrogens with one attached hydrogen (secondary N) is 1. The van der Waals surface area contributed by atoms with Crippen molar-refractivity contribution in [3.63, 3.8) is 0 Å². The number of benzene rings is 3. The third-order valence-corrected chi connectivity index (χ3v) is 8.05. The molecule has 0 saturated heterocycles. The van der Waals surface area contributed by atoms with Crippen molar-refractivity contribution in [1.82, 2.24) is 0 Å². The maximum Gasteiger partial charge on any atom is 0.308 e. The molecule has 1 aliphatic heterocycles. The Hall–Kier alpha value is -3.76. The second-order valence-electron chi connectivity index (χ2n) is 7.79. The van der Waals surface area contributed by atoms with Crippen LogP contribution in [0, 0.1) is 0 Å². The van der Waals surface area contributed by atoms with E-state index in [1.165, 1.54) is 45.0 Å². The molecule has 8 nitrogen and oxygen atoms in total. The Labute approximate surface area is 213 Å². The number of hydrogen-bond donors (Lipinski definition) is 1. The Kier molecular flexibility index (Phi) is 7.37. The van der Waals surface area contributed by atoms with Crippen LogP contribution in [0.15, 0.2) is 75.4 Å². The topological polar surface area (TPSA) is 108 Å². The molecule has 0 unspecified atom stereocenters. The molecule has 1 heterocycles. The summed E-state index contributed by atoms with van der Waals surface area (Å²) in [4.78, 5) is 25.0. The third-order valence-electron chi connectivity index (χ3n) is 5.31. The van der Waals surface area contributed by atoms with Gasteiger partial charge in [0, 0.05) is 11.8 Å². The number of hydrogen-bond acceptors (Lipinski definition) is 8. The molecule has 0 atom stereocenters. The van der Waals surface area contributed by atoms with Crippen molar-refractivity contribution in [3.05, 3.63) is 76.7 Å². The van der Waals surface area contributed by atoms with E-state index in [1.54, 1.807) is 54.6 Å². The summed E-state index contributed by atoms with van der Waals surface area (Å²) in [6, 6.07) is 16.5. The molecule has 0 bridgehead atoms. The average molecular weight is 526 g/mol. The molecular formula is C26H23NO7S2. The van der Waals surface area contributed by atoms with E-state index in [2.05, 4.69) is 5.32 Å². The van der Waals surface area contributed by atoms with Gasteiger partial charge in [-0.15, -0.1) is 0 Å². The van der Waals surface area contributed by atoms with Gasteiger partial charge in [0.2, 0.25) is 0 Å². The number of ether oxygens (including phenoxy) is 3. The molecule has 0 aromatic heterocycles. The summed E-state index contributed by atoms with van der Waals surface area (Å²) in [5, 5.41) is 2.78. The molecule has 0 fully saturated rings. The quantitative estimate of drug-likeness (QED) is 0.269. The highest BCUT2D eigenvalue weighted by molar-refractivity contribution is 8.04. The number of methoxy groups -OCH3 is 2. The maximum absolute atomic E-state index is 13.2. The summed E-state index contributed by atoms with van der Waals surface area (Å²) in [6.45, 7) is 1.32. The number of anilines is 1. The van der Waals surface area contributed by atoms with Crippen LogP contribution in [0.3, 0.4) is 0 Å². The van der Waals surface area contributed by atoms with Crippen LogP contribution in [0.1, 0.15) is 18.1 Å². The summed E-state index contributed by atoms with van der Waals surface area (Å²) < 4.78 is 42.1. The Bertz CT molecular complexity index is 1440. The molecule has 36 heavy (non-hydrogen) atoms. The molecule has 0 spiro atoms. The van der Waals surface area contributed by atoms with Gasteiger partial charge in [-0.3, -0.25) is 9.59 Å². The van der Waals surface area contributed by atoms with Gasteiger partial charge in [-0.05, 0) is 54.1 Å². The largest absolute Gasteiger partial charge is 0.496 e. The average Bonchev–Trinajstić information content (AvgIpc) is 2.85. The second kappa shape index (κ2) is 10.5. The number of esters is 1. The molecule has 4 rings (SSSR count). The molecule has 10 heteroatoms. The number of amides is 1. The normalized spacial score (nSPS) is 14.1. The van der Waals surface area contributed by atoms with Crippen molar-refractivity contribution < 1.29 is 32.2 Å². The molecule has 0 radical (unpaired) electrons. The molecular weight excluding hydrogens is 502 g/mol. The lowest BCUT2D eigenvalue weighted by molar-refractivity contribution is -0.131. The van der Waals surface area contributed by atoms with Gasteiger partial charge in [0.15, 0.2) is 9.84 Å². The monoisotopic (exact) mass is 525 g/mol. The van der Waals surface area contributed by atoms with Gasteiger partial charge in [0.05, 0.1) is 41.0 Å². The zero-order chi connectivity index (χ0) is 25.9. The summed E-state index contributed by atoms with van der Waals surface area (Å²) >= 11 is 1.24. The molecule has 0 aliphatic carbocycles. The number of fused-ring (bicyclic) bond motifs is 1. The van der Waals surface area contributed by atoms with Crippen LogP contribution in [0.2, 0.25) is 0 Å². The standard InChI is InChI=1S/C26H23NO7S2/c1-16(28)34-18-9-7-17(8-10-18)13-25-26(29)27-21-14-19(11-12-24(21)35-25)36(30,31)15-20-22(32-2)5-4-6-23(20)33-3/h4-14H,15H2,1-3H3,(H,27,29). The summed E-state index contributed by atoms with van der Waals surface area (Å²) in [5.41, 5.74) is 1.58. The molecule has 1 N–H and O–H groups in total. The highest BCUT2D eigenvalue weighted by Crippen LogP contribution is 2.41. The van der Waals surface area contributed by atoms with E-state index in [9.17, 15) is 18.0 Å². The minimum atomic E-state index is -3.78. The molecule has 0 saturated carbocycles. The van der Waals surface area contributed by atoms with E-state index in [0.717, 1.165) is 5.56 Å². The number of carbonyl (C=O) groups is 2. The van der Waals surface area contributed by atoms with Crippen LogP contribution < -0.4 is 19.5 Å². The molecule has 1 amide bonds. The fraction of sp³-hybridized carbons (Fsp3) is 0.154. The van der Waals surface area contributed by atoms with E-state index in [0.29, 0.717) is 38.3 Å². The SMILES string of the molecule is COc1cccc(OC)c1CS(=O)(=O)c1ccc2c(c1)NC(=O)C(=Cc1ccc(OC(C)=O)cc1)S2. The van der Waals surface area contributed by atoms with Gasteiger partial charge in [0.1, 0.15) is 17.2 Å². The Balaban J connectivity index is 1.57. The summed E-state index contributed by atoms with van der Waals surface area (Å²) in [5.74, 6) is 0.149. The second-order valence-corrected chi connectivity index (χ2v) is 10.9. The van der Waals surface area contributed by atoms with Crippen molar-refractivity contribution in [2.45, 2.75) is 22.5 Å². The van der Waals surface area contributed by atoms with Gasteiger partial charge in [-0.2, -0.15) is 0 Å². The minimum absolute atomic E-state index is 0.0728. The Morgan fingerprint density at radius 1 is 1.00 bits per heavy atom. The lowest BCUT2D eigenvalue weighted by Crippen LogP contribution is -2.18. The van der Waals surface area contributed by atoms with E-state index in [1.807, 2.05) is 0 Å². The van der Waals surface area contributed by atoms with Gasteiger partial charge in [-0.1, -0.05) is 30.0 Å². The molecule has 1 aliphatic rings. The molecule has 3 aromatic rings. The van der Waals surface area contributed by atoms with Crippen molar-refractivity contribution >= 4 is 45.2 Å². The Morgan fingerprint density at radius 3 is 2.28 bits per heavy atom. The van der Waals surface area contributed by atoms with Crippen LogP contribution in [0.25, 0.3) is 6.08 Å². The van der Waals surface area contributed by atoms with Crippen molar-refractivity contribution in [2.75, 3.05) is 19.5 Å². The third kappa shape index (κ3) is 5.55. The maximum atomic E-state index is 13.2. The minimum Gasteiger partial charge on any atom is -0.496 e. The van der Waals surface area contributed by atoms with E-state index in [-0.39, 0.29) is 16.6 Å². The van der Waals surface area contributed by atoms with Gasteiger partial charge < -0.3 is 19.5 Å². The molecule has 186 valence electrons.